The van der Waals surface area contributed by atoms with E-state index in [2.05, 4.69) is 0 Å². The van der Waals surface area contributed by atoms with Gasteiger partial charge in [0.05, 0.1) is 0 Å². The Morgan fingerprint density at radius 3 is 2.33 bits per heavy atom. The van der Waals surface area contributed by atoms with Crippen LogP contribution in [0.25, 0.3) is 0 Å². The Hall–Kier alpha value is -0.110. The molecule has 1 nitrogen and oxygen atoms in total. The summed E-state index contributed by atoms with van der Waals surface area (Å²) in [6.07, 6.45) is 0.986. The summed E-state index contributed by atoms with van der Waals surface area (Å²) in [6.45, 7) is 3.92. The van der Waals surface area contributed by atoms with E-state index in [0.717, 1.165) is 6.42 Å². The fraction of sp³-hybridized carbons (Fsp3) is 1.00. The molecule has 1 saturated carbocycles. The van der Waals surface area contributed by atoms with Crippen LogP contribution >= 0.6 is 0 Å². The van der Waals surface area contributed by atoms with Gasteiger partial charge < -0.3 is 5.73 Å². The number of rotatable bonds is 2. The summed E-state index contributed by atoms with van der Waals surface area (Å²) in [6, 6.07) is 0. The number of hydrogen-bond donors (Lipinski definition) is 1. The molecule has 2 atom stereocenters. The average molecular weight is 131 g/mol. The Balaban J connectivity index is 2.33. The van der Waals surface area contributed by atoms with E-state index >= 15 is 0 Å². The van der Waals surface area contributed by atoms with Gasteiger partial charge in [-0.3, -0.25) is 0 Å². The van der Waals surface area contributed by atoms with Gasteiger partial charge in [0.2, 0.25) is 0 Å². The van der Waals surface area contributed by atoms with Crippen LogP contribution in [-0.4, -0.2) is 12.2 Å². The smallest absolute Gasteiger partial charge is 0.108 e. The van der Waals surface area contributed by atoms with E-state index in [9.17, 15) is 4.39 Å². The molecular formula is C7H14FN. The van der Waals surface area contributed by atoms with Crippen molar-refractivity contribution in [2.24, 2.45) is 17.6 Å². The fourth-order valence-corrected chi connectivity index (χ4v) is 1.35. The molecule has 0 aliphatic heterocycles. The van der Waals surface area contributed by atoms with Crippen molar-refractivity contribution in [2.75, 3.05) is 6.54 Å². The zero-order valence-electron chi connectivity index (χ0n) is 6.02. The Morgan fingerprint density at radius 2 is 2.22 bits per heavy atom. The van der Waals surface area contributed by atoms with E-state index in [0.29, 0.717) is 12.5 Å². The lowest BCUT2D eigenvalue weighted by atomic mass is 10.0. The van der Waals surface area contributed by atoms with Crippen LogP contribution in [0, 0.1) is 11.8 Å². The van der Waals surface area contributed by atoms with Gasteiger partial charge in [-0.2, -0.15) is 0 Å². The Bertz CT molecular complexity index is 106. The van der Waals surface area contributed by atoms with Crippen LogP contribution in [0.1, 0.15) is 20.3 Å². The molecule has 0 amide bonds. The predicted octanol–water partition coefficient (Wildman–Crippen LogP) is 1.33. The molecule has 9 heavy (non-hydrogen) atoms. The molecule has 1 aliphatic carbocycles. The van der Waals surface area contributed by atoms with Crippen LogP contribution in [0.4, 0.5) is 4.39 Å². The first-order valence-electron chi connectivity index (χ1n) is 3.44. The molecule has 0 heterocycles. The van der Waals surface area contributed by atoms with E-state index in [1.165, 1.54) is 0 Å². The molecule has 0 aromatic heterocycles. The van der Waals surface area contributed by atoms with Crippen molar-refractivity contribution in [2.45, 2.75) is 25.9 Å². The Labute approximate surface area is 55.4 Å². The highest BCUT2D eigenvalue weighted by Gasteiger charge is 2.46. The van der Waals surface area contributed by atoms with Crippen LogP contribution in [0.2, 0.25) is 0 Å². The number of nitrogens with two attached hydrogens (primary N) is 1. The fourth-order valence-electron chi connectivity index (χ4n) is 1.35. The maximum Gasteiger partial charge on any atom is 0.108 e. The number of alkyl halides is 1. The summed E-state index contributed by atoms with van der Waals surface area (Å²) >= 11 is 0. The maximum atomic E-state index is 13.0. The number of halogens is 1. The highest BCUT2D eigenvalue weighted by molar-refractivity contribution is 4.96. The van der Waals surface area contributed by atoms with E-state index in [1.54, 1.807) is 13.8 Å². The van der Waals surface area contributed by atoms with E-state index in [-0.39, 0.29) is 5.92 Å². The van der Waals surface area contributed by atoms with E-state index in [1.807, 2.05) is 0 Å². The van der Waals surface area contributed by atoms with Gasteiger partial charge in [-0.25, -0.2) is 4.39 Å². The monoisotopic (exact) mass is 131 g/mol. The SMILES string of the molecule is CC(C)(F)C1CC1CN. The van der Waals surface area contributed by atoms with Crippen LogP contribution in [0.15, 0.2) is 0 Å². The van der Waals surface area contributed by atoms with Gasteiger partial charge in [-0.1, -0.05) is 0 Å². The lowest BCUT2D eigenvalue weighted by Gasteiger charge is -2.12. The van der Waals surface area contributed by atoms with Crippen molar-refractivity contribution in [3.8, 4) is 0 Å². The third kappa shape index (κ3) is 1.42. The van der Waals surface area contributed by atoms with Gasteiger partial charge in [-0.05, 0) is 38.6 Å². The second kappa shape index (κ2) is 1.94. The van der Waals surface area contributed by atoms with Crippen LogP contribution in [-0.2, 0) is 0 Å². The molecule has 0 bridgehead atoms. The highest BCUT2D eigenvalue weighted by Crippen LogP contribution is 2.47. The Kier molecular flexibility index (Phi) is 1.51. The van der Waals surface area contributed by atoms with Gasteiger partial charge in [-0.15, -0.1) is 0 Å². The van der Waals surface area contributed by atoms with Crippen molar-refractivity contribution in [3.63, 3.8) is 0 Å². The summed E-state index contributed by atoms with van der Waals surface area (Å²) in [7, 11) is 0. The molecular weight excluding hydrogens is 117 g/mol. The second-order valence-electron chi connectivity index (χ2n) is 3.40. The van der Waals surface area contributed by atoms with E-state index in [4.69, 9.17) is 5.73 Å². The summed E-state index contributed by atoms with van der Waals surface area (Å²) in [4.78, 5) is 0. The Morgan fingerprint density at radius 1 is 1.67 bits per heavy atom. The first kappa shape index (κ1) is 7.00. The highest BCUT2D eigenvalue weighted by atomic mass is 19.1. The minimum Gasteiger partial charge on any atom is -0.330 e. The quantitative estimate of drug-likeness (QED) is 0.601. The lowest BCUT2D eigenvalue weighted by Crippen LogP contribution is -2.18. The van der Waals surface area contributed by atoms with Crippen LogP contribution in [0.5, 0.6) is 0 Å². The minimum absolute atomic E-state index is 0.238. The van der Waals surface area contributed by atoms with Gasteiger partial charge >= 0.3 is 0 Å². The molecule has 1 rings (SSSR count). The third-order valence-electron chi connectivity index (χ3n) is 2.11. The minimum atomic E-state index is -0.996. The van der Waals surface area contributed by atoms with Crippen LogP contribution < -0.4 is 5.73 Å². The third-order valence-corrected chi connectivity index (χ3v) is 2.11. The largest absolute Gasteiger partial charge is 0.330 e. The van der Waals surface area contributed by atoms with Crippen LogP contribution in [0.3, 0.4) is 0 Å². The van der Waals surface area contributed by atoms with Gasteiger partial charge in [0.15, 0.2) is 0 Å². The molecule has 2 unspecified atom stereocenters. The molecule has 0 aromatic rings. The molecule has 1 fully saturated rings. The molecule has 0 spiro atoms. The molecule has 1 aliphatic rings. The first-order chi connectivity index (χ1) is 4.05. The standard InChI is InChI=1S/C7H14FN/c1-7(2,8)6-3-5(6)4-9/h5-6H,3-4,9H2,1-2H3. The second-order valence-corrected chi connectivity index (χ2v) is 3.40. The van der Waals surface area contributed by atoms with E-state index < -0.39 is 5.67 Å². The summed E-state index contributed by atoms with van der Waals surface area (Å²) in [5.41, 5.74) is 4.36. The van der Waals surface area contributed by atoms with Gasteiger partial charge in [0.25, 0.3) is 0 Å². The average Bonchev–Trinajstić information content (AvgIpc) is 2.39. The zero-order valence-corrected chi connectivity index (χ0v) is 6.02. The summed E-state index contributed by atoms with van der Waals surface area (Å²) < 4.78 is 13.0. The zero-order chi connectivity index (χ0) is 7.07. The predicted molar refractivity (Wildman–Crippen MR) is 35.8 cm³/mol. The maximum absolute atomic E-state index is 13.0. The molecule has 0 radical (unpaired) electrons. The molecule has 2 N–H and O–H groups in total. The van der Waals surface area contributed by atoms with Gasteiger partial charge in [0, 0.05) is 0 Å². The van der Waals surface area contributed by atoms with Crippen molar-refractivity contribution in [3.05, 3.63) is 0 Å². The lowest BCUT2D eigenvalue weighted by molar-refractivity contribution is 0.175. The molecule has 2 heteroatoms. The molecule has 0 aromatic carbocycles. The molecule has 0 saturated heterocycles. The first-order valence-corrected chi connectivity index (χ1v) is 3.44. The number of hydrogen-bond acceptors (Lipinski definition) is 1. The van der Waals surface area contributed by atoms with Crippen molar-refractivity contribution in [1.29, 1.82) is 0 Å². The van der Waals surface area contributed by atoms with Crippen molar-refractivity contribution >= 4 is 0 Å². The van der Waals surface area contributed by atoms with Gasteiger partial charge in [0.1, 0.15) is 5.67 Å². The summed E-state index contributed by atoms with van der Waals surface area (Å²) in [5, 5.41) is 0. The topological polar surface area (TPSA) is 26.0 Å². The summed E-state index contributed by atoms with van der Waals surface area (Å²) in [5.74, 6) is 0.701. The molecule has 54 valence electrons. The van der Waals surface area contributed by atoms with Crippen molar-refractivity contribution < 1.29 is 4.39 Å². The normalized spacial score (nSPS) is 34.7. The van der Waals surface area contributed by atoms with Crippen molar-refractivity contribution in [1.82, 2.24) is 0 Å².